The summed E-state index contributed by atoms with van der Waals surface area (Å²) in [5.41, 5.74) is 6.83. The van der Waals surface area contributed by atoms with E-state index in [-0.39, 0.29) is 12.0 Å². The second-order valence-electron chi connectivity index (χ2n) is 7.45. The highest BCUT2D eigenvalue weighted by Crippen LogP contribution is 2.15. The predicted octanol–water partition coefficient (Wildman–Crippen LogP) is 4.25. The number of rotatable bonds is 10. The van der Waals surface area contributed by atoms with Gasteiger partial charge in [0.2, 0.25) is 0 Å². The molecule has 0 amide bonds. The van der Waals surface area contributed by atoms with Gasteiger partial charge in [-0.2, -0.15) is 0 Å². The Balaban J connectivity index is 2.55. The van der Waals surface area contributed by atoms with Gasteiger partial charge in [0.05, 0.1) is 5.56 Å². The molecule has 1 rings (SSSR count). The third-order valence-electron chi connectivity index (χ3n) is 4.04. The SMILES string of the molecule is CCC(COC(=O)c1ccc(N)cc1)NC(CC(C)C)CC(C)C. The van der Waals surface area contributed by atoms with Crippen LogP contribution < -0.4 is 11.1 Å². The van der Waals surface area contributed by atoms with Crippen molar-refractivity contribution in [3.05, 3.63) is 29.8 Å². The van der Waals surface area contributed by atoms with Crippen molar-refractivity contribution in [2.45, 2.75) is 66.0 Å². The molecule has 1 aromatic carbocycles. The molecule has 0 bridgehead atoms. The van der Waals surface area contributed by atoms with Gasteiger partial charge in [0.15, 0.2) is 0 Å². The summed E-state index contributed by atoms with van der Waals surface area (Å²) in [5, 5.41) is 3.69. The molecule has 0 aliphatic carbocycles. The molecule has 4 heteroatoms. The van der Waals surface area contributed by atoms with Crippen molar-refractivity contribution in [3.63, 3.8) is 0 Å². The molecular formula is C20H34N2O2. The Morgan fingerprint density at radius 1 is 1.04 bits per heavy atom. The number of esters is 1. The van der Waals surface area contributed by atoms with Gasteiger partial charge in [-0.05, 0) is 55.4 Å². The Kier molecular flexibility index (Phi) is 8.83. The van der Waals surface area contributed by atoms with Crippen molar-refractivity contribution in [3.8, 4) is 0 Å². The molecule has 24 heavy (non-hydrogen) atoms. The summed E-state index contributed by atoms with van der Waals surface area (Å²) in [4.78, 5) is 12.1. The van der Waals surface area contributed by atoms with E-state index in [0.717, 1.165) is 19.3 Å². The fourth-order valence-corrected chi connectivity index (χ4v) is 2.87. The third-order valence-corrected chi connectivity index (χ3v) is 4.04. The standard InChI is InChI=1S/C20H34N2O2/c1-6-18(22-19(11-14(2)3)12-15(4)5)13-24-20(23)16-7-9-17(21)10-8-16/h7-10,14-15,18-19,22H,6,11-13,21H2,1-5H3. The number of carbonyl (C=O) groups excluding carboxylic acids is 1. The highest BCUT2D eigenvalue weighted by atomic mass is 16.5. The number of nitrogen functional groups attached to an aromatic ring is 1. The molecule has 1 aromatic rings. The molecule has 0 spiro atoms. The zero-order chi connectivity index (χ0) is 18.1. The van der Waals surface area contributed by atoms with Crippen LogP contribution in [0.1, 0.15) is 64.2 Å². The van der Waals surface area contributed by atoms with Crippen molar-refractivity contribution in [2.24, 2.45) is 11.8 Å². The van der Waals surface area contributed by atoms with Crippen LogP contribution in [-0.4, -0.2) is 24.7 Å². The molecule has 4 nitrogen and oxygen atoms in total. The second-order valence-corrected chi connectivity index (χ2v) is 7.45. The number of nitrogens with one attached hydrogen (secondary N) is 1. The van der Waals surface area contributed by atoms with Gasteiger partial charge < -0.3 is 15.8 Å². The predicted molar refractivity (Wildman–Crippen MR) is 101 cm³/mol. The second kappa shape index (κ2) is 10.3. The van der Waals surface area contributed by atoms with E-state index in [2.05, 4.69) is 39.9 Å². The van der Waals surface area contributed by atoms with Gasteiger partial charge in [0, 0.05) is 17.8 Å². The molecule has 0 fully saturated rings. The van der Waals surface area contributed by atoms with Crippen LogP contribution in [0.25, 0.3) is 0 Å². The van der Waals surface area contributed by atoms with E-state index in [0.29, 0.717) is 35.7 Å². The van der Waals surface area contributed by atoms with E-state index >= 15 is 0 Å². The molecule has 0 aliphatic rings. The van der Waals surface area contributed by atoms with E-state index in [1.807, 2.05) is 0 Å². The van der Waals surface area contributed by atoms with Crippen molar-refractivity contribution < 1.29 is 9.53 Å². The Hall–Kier alpha value is -1.55. The van der Waals surface area contributed by atoms with Crippen LogP contribution in [0.15, 0.2) is 24.3 Å². The average molecular weight is 335 g/mol. The first-order valence-electron chi connectivity index (χ1n) is 9.10. The first-order valence-corrected chi connectivity index (χ1v) is 9.10. The fourth-order valence-electron chi connectivity index (χ4n) is 2.87. The number of hydrogen-bond acceptors (Lipinski definition) is 4. The van der Waals surface area contributed by atoms with Gasteiger partial charge in [-0.1, -0.05) is 34.6 Å². The maximum Gasteiger partial charge on any atom is 0.338 e. The lowest BCUT2D eigenvalue weighted by molar-refractivity contribution is 0.0452. The molecule has 136 valence electrons. The Labute approximate surface area is 147 Å². The Morgan fingerprint density at radius 2 is 1.58 bits per heavy atom. The van der Waals surface area contributed by atoms with E-state index in [9.17, 15) is 4.79 Å². The van der Waals surface area contributed by atoms with Crippen molar-refractivity contribution >= 4 is 11.7 Å². The van der Waals surface area contributed by atoms with Crippen molar-refractivity contribution in [1.82, 2.24) is 5.32 Å². The Bertz CT molecular complexity index is 473. The van der Waals surface area contributed by atoms with Gasteiger partial charge in [-0.3, -0.25) is 0 Å². The summed E-state index contributed by atoms with van der Waals surface area (Å²) >= 11 is 0. The number of hydrogen-bond donors (Lipinski definition) is 2. The van der Waals surface area contributed by atoms with Crippen molar-refractivity contribution in [2.75, 3.05) is 12.3 Å². The number of carbonyl (C=O) groups is 1. The quantitative estimate of drug-likeness (QED) is 0.496. The largest absolute Gasteiger partial charge is 0.460 e. The molecular weight excluding hydrogens is 300 g/mol. The monoisotopic (exact) mass is 334 g/mol. The minimum Gasteiger partial charge on any atom is -0.460 e. The third kappa shape index (κ3) is 7.82. The molecule has 0 radical (unpaired) electrons. The van der Waals surface area contributed by atoms with Gasteiger partial charge in [0.1, 0.15) is 6.61 Å². The van der Waals surface area contributed by atoms with Crippen LogP contribution >= 0.6 is 0 Å². The lowest BCUT2D eigenvalue weighted by Crippen LogP contribution is -2.42. The normalized spacial score (nSPS) is 12.8. The van der Waals surface area contributed by atoms with Crippen LogP contribution in [0.5, 0.6) is 0 Å². The topological polar surface area (TPSA) is 64.3 Å². The zero-order valence-corrected chi connectivity index (χ0v) is 15.8. The molecule has 0 aliphatic heterocycles. The molecule has 1 unspecified atom stereocenters. The number of nitrogens with two attached hydrogens (primary N) is 1. The lowest BCUT2D eigenvalue weighted by Gasteiger charge is -2.27. The van der Waals surface area contributed by atoms with Crippen molar-refractivity contribution in [1.29, 1.82) is 0 Å². The minimum absolute atomic E-state index is 0.185. The number of ether oxygens (including phenoxy) is 1. The van der Waals surface area contributed by atoms with E-state index in [1.54, 1.807) is 24.3 Å². The summed E-state index contributed by atoms with van der Waals surface area (Å²) in [6, 6.07) is 7.48. The maximum atomic E-state index is 12.1. The van der Waals surface area contributed by atoms with Crippen LogP contribution in [0.4, 0.5) is 5.69 Å². The number of anilines is 1. The molecule has 0 heterocycles. The van der Waals surface area contributed by atoms with Gasteiger partial charge in [0.25, 0.3) is 0 Å². The highest BCUT2D eigenvalue weighted by molar-refractivity contribution is 5.89. The van der Waals surface area contributed by atoms with Crippen LogP contribution in [-0.2, 0) is 4.74 Å². The lowest BCUT2D eigenvalue weighted by atomic mass is 9.95. The summed E-state index contributed by atoms with van der Waals surface area (Å²) in [7, 11) is 0. The minimum atomic E-state index is -0.292. The van der Waals surface area contributed by atoms with Crippen LogP contribution in [0, 0.1) is 11.8 Å². The van der Waals surface area contributed by atoms with Gasteiger partial charge in [-0.25, -0.2) is 4.79 Å². The van der Waals surface area contributed by atoms with Crippen LogP contribution in [0.2, 0.25) is 0 Å². The highest BCUT2D eigenvalue weighted by Gasteiger charge is 2.18. The summed E-state index contributed by atoms with van der Waals surface area (Å²) in [5.74, 6) is 1.01. The van der Waals surface area contributed by atoms with Crippen LogP contribution in [0.3, 0.4) is 0 Å². The summed E-state index contributed by atoms with van der Waals surface area (Å²) in [6.07, 6.45) is 3.21. The molecule has 0 saturated heterocycles. The van der Waals surface area contributed by atoms with E-state index in [4.69, 9.17) is 10.5 Å². The summed E-state index contributed by atoms with van der Waals surface area (Å²) < 4.78 is 5.49. The fraction of sp³-hybridized carbons (Fsp3) is 0.650. The molecule has 3 N–H and O–H groups in total. The first-order chi connectivity index (χ1) is 11.3. The molecule has 1 atom stereocenters. The first kappa shape index (κ1) is 20.5. The Morgan fingerprint density at radius 3 is 2.04 bits per heavy atom. The average Bonchev–Trinajstić information content (AvgIpc) is 2.50. The molecule has 0 saturated carbocycles. The number of benzene rings is 1. The van der Waals surface area contributed by atoms with E-state index < -0.39 is 0 Å². The summed E-state index contributed by atoms with van der Waals surface area (Å²) in [6.45, 7) is 11.5. The van der Waals surface area contributed by atoms with Gasteiger partial charge >= 0.3 is 5.97 Å². The molecule has 0 aromatic heterocycles. The smallest absolute Gasteiger partial charge is 0.338 e. The van der Waals surface area contributed by atoms with Gasteiger partial charge in [-0.15, -0.1) is 0 Å². The maximum absolute atomic E-state index is 12.1. The zero-order valence-electron chi connectivity index (χ0n) is 15.8. The van der Waals surface area contributed by atoms with E-state index in [1.165, 1.54) is 0 Å².